The highest BCUT2D eigenvalue weighted by atomic mass is 14.9. The van der Waals surface area contributed by atoms with Gasteiger partial charge < -0.3 is 5.32 Å². The molecule has 1 heteroatoms. The quantitative estimate of drug-likeness (QED) is 0.777. The van der Waals surface area contributed by atoms with Crippen LogP contribution < -0.4 is 5.32 Å². The van der Waals surface area contributed by atoms with Crippen LogP contribution in [0.3, 0.4) is 0 Å². The minimum atomic E-state index is 0.503. The van der Waals surface area contributed by atoms with E-state index in [-0.39, 0.29) is 0 Å². The van der Waals surface area contributed by atoms with Crippen molar-refractivity contribution in [1.29, 1.82) is 0 Å². The van der Waals surface area contributed by atoms with E-state index in [2.05, 4.69) is 44.3 Å². The first-order valence-corrected chi connectivity index (χ1v) is 6.94. The van der Waals surface area contributed by atoms with E-state index >= 15 is 0 Å². The van der Waals surface area contributed by atoms with E-state index < -0.39 is 0 Å². The smallest absolute Gasteiger partial charge is 0.00323 e. The van der Waals surface area contributed by atoms with E-state index in [9.17, 15) is 0 Å². The molecule has 1 aromatic rings. The Kier molecular flexibility index (Phi) is 2.55. The molecule has 0 amide bonds. The van der Waals surface area contributed by atoms with Crippen LogP contribution in [0.2, 0.25) is 0 Å². The molecule has 3 rings (SSSR count). The second kappa shape index (κ2) is 3.84. The lowest BCUT2D eigenvalue weighted by Crippen LogP contribution is -2.30. The van der Waals surface area contributed by atoms with E-state index in [1.807, 2.05) is 0 Å². The molecule has 1 saturated heterocycles. The third-order valence-electron chi connectivity index (χ3n) is 4.91. The third kappa shape index (κ3) is 1.63. The summed E-state index contributed by atoms with van der Waals surface area (Å²) >= 11 is 0. The van der Waals surface area contributed by atoms with Crippen LogP contribution in [0.4, 0.5) is 0 Å². The normalized spacial score (nSPS) is 31.4. The van der Waals surface area contributed by atoms with Crippen molar-refractivity contribution in [1.82, 2.24) is 5.32 Å². The fourth-order valence-electron chi connectivity index (χ4n) is 3.81. The summed E-state index contributed by atoms with van der Waals surface area (Å²) in [5.41, 5.74) is 5.38. The van der Waals surface area contributed by atoms with Gasteiger partial charge in [-0.2, -0.15) is 0 Å². The summed E-state index contributed by atoms with van der Waals surface area (Å²) in [6.45, 7) is 9.46. The summed E-state index contributed by atoms with van der Waals surface area (Å²) in [5.74, 6) is 1.40. The molecule has 17 heavy (non-hydrogen) atoms. The van der Waals surface area contributed by atoms with Crippen molar-refractivity contribution in [3.8, 4) is 0 Å². The maximum absolute atomic E-state index is 3.59. The van der Waals surface area contributed by atoms with Crippen LogP contribution in [0.15, 0.2) is 18.2 Å². The Morgan fingerprint density at radius 2 is 2.18 bits per heavy atom. The van der Waals surface area contributed by atoms with Gasteiger partial charge in [-0.1, -0.05) is 39.0 Å². The average molecular weight is 229 g/mol. The summed E-state index contributed by atoms with van der Waals surface area (Å²) in [5, 5.41) is 3.59. The van der Waals surface area contributed by atoms with Gasteiger partial charge in [0.25, 0.3) is 0 Å². The van der Waals surface area contributed by atoms with E-state index in [1.54, 1.807) is 16.7 Å². The molecule has 1 fully saturated rings. The molecule has 0 radical (unpaired) electrons. The number of hydrogen-bond donors (Lipinski definition) is 1. The lowest BCUT2D eigenvalue weighted by molar-refractivity contribution is 0.276. The molecular weight excluding hydrogens is 206 g/mol. The molecule has 0 saturated carbocycles. The molecule has 2 atom stereocenters. The highest BCUT2D eigenvalue weighted by Crippen LogP contribution is 2.48. The van der Waals surface area contributed by atoms with Crippen molar-refractivity contribution in [3.63, 3.8) is 0 Å². The Labute approximate surface area is 105 Å². The van der Waals surface area contributed by atoms with Crippen molar-refractivity contribution in [3.05, 3.63) is 34.9 Å². The topological polar surface area (TPSA) is 12.0 Å². The van der Waals surface area contributed by atoms with E-state index in [4.69, 9.17) is 0 Å². The summed E-state index contributed by atoms with van der Waals surface area (Å²) in [4.78, 5) is 0. The summed E-state index contributed by atoms with van der Waals surface area (Å²) in [6, 6.07) is 6.96. The van der Waals surface area contributed by atoms with Gasteiger partial charge in [0.2, 0.25) is 0 Å². The molecule has 1 heterocycles. The van der Waals surface area contributed by atoms with Crippen LogP contribution in [-0.4, -0.2) is 13.1 Å². The zero-order valence-electron chi connectivity index (χ0n) is 11.2. The fraction of sp³-hybridized carbons (Fsp3) is 0.625. The minimum Gasteiger partial charge on any atom is -0.316 e. The van der Waals surface area contributed by atoms with Crippen molar-refractivity contribution in [2.45, 2.75) is 45.4 Å². The molecule has 1 nitrogen and oxygen atoms in total. The van der Waals surface area contributed by atoms with Gasteiger partial charge in [0.1, 0.15) is 0 Å². The van der Waals surface area contributed by atoms with Gasteiger partial charge in [-0.25, -0.2) is 0 Å². The molecule has 0 bridgehead atoms. The standard InChI is InChI=1S/C16H23N/c1-11(2)12-5-4-6-14-13(12)7-8-16(3)10-17-9-15(14)16/h4-6,11,15,17H,7-10H2,1-3H3/t15-,16+/m1/s1. The van der Waals surface area contributed by atoms with Crippen molar-refractivity contribution < 1.29 is 0 Å². The predicted molar refractivity (Wildman–Crippen MR) is 72.6 cm³/mol. The van der Waals surface area contributed by atoms with Crippen molar-refractivity contribution in [2.24, 2.45) is 5.41 Å². The van der Waals surface area contributed by atoms with E-state index in [0.29, 0.717) is 11.3 Å². The molecule has 1 N–H and O–H groups in total. The van der Waals surface area contributed by atoms with Gasteiger partial charge in [-0.15, -0.1) is 0 Å². The molecule has 92 valence electrons. The number of benzene rings is 1. The Hall–Kier alpha value is -0.820. The number of hydrogen-bond acceptors (Lipinski definition) is 1. The van der Waals surface area contributed by atoms with Gasteiger partial charge in [-0.05, 0) is 40.9 Å². The average Bonchev–Trinajstić information content (AvgIpc) is 2.70. The largest absolute Gasteiger partial charge is 0.316 e. The summed E-state index contributed by atoms with van der Waals surface area (Å²) in [7, 11) is 0. The highest BCUT2D eigenvalue weighted by molar-refractivity contribution is 5.43. The van der Waals surface area contributed by atoms with E-state index in [0.717, 1.165) is 5.92 Å². The SMILES string of the molecule is CC(C)c1cccc2c1CC[C@@]1(C)CNC[C@H]21. The van der Waals surface area contributed by atoms with Crippen molar-refractivity contribution in [2.75, 3.05) is 13.1 Å². The third-order valence-corrected chi connectivity index (χ3v) is 4.91. The maximum atomic E-state index is 3.59. The fourth-order valence-corrected chi connectivity index (χ4v) is 3.81. The first kappa shape index (κ1) is 11.3. The molecule has 2 aliphatic rings. The van der Waals surface area contributed by atoms with Crippen molar-refractivity contribution >= 4 is 0 Å². The Balaban J connectivity index is 2.10. The molecule has 1 aromatic carbocycles. The second-order valence-electron chi connectivity index (χ2n) is 6.41. The molecule has 0 aromatic heterocycles. The van der Waals surface area contributed by atoms with Crippen LogP contribution >= 0.6 is 0 Å². The monoisotopic (exact) mass is 229 g/mol. The molecule has 1 aliphatic heterocycles. The molecule has 1 aliphatic carbocycles. The Bertz CT molecular complexity index is 435. The zero-order valence-corrected chi connectivity index (χ0v) is 11.2. The lowest BCUT2D eigenvalue weighted by Gasteiger charge is -2.38. The zero-order chi connectivity index (χ0) is 12.0. The predicted octanol–water partition coefficient (Wildman–Crippen LogP) is 3.45. The van der Waals surface area contributed by atoms with Crippen LogP contribution in [0.5, 0.6) is 0 Å². The Morgan fingerprint density at radius 1 is 1.35 bits per heavy atom. The van der Waals surface area contributed by atoms with Gasteiger partial charge in [0.05, 0.1) is 0 Å². The lowest BCUT2D eigenvalue weighted by atomic mass is 9.66. The van der Waals surface area contributed by atoms with Crippen LogP contribution in [-0.2, 0) is 6.42 Å². The maximum Gasteiger partial charge on any atom is 0.00323 e. The van der Waals surface area contributed by atoms with Gasteiger partial charge in [0.15, 0.2) is 0 Å². The number of rotatable bonds is 1. The molecular formula is C16H23N. The first-order chi connectivity index (χ1) is 8.12. The Morgan fingerprint density at radius 3 is 2.94 bits per heavy atom. The van der Waals surface area contributed by atoms with Crippen LogP contribution in [0, 0.1) is 5.41 Å². The minimum absolute atomic E-state index is 0.503. The van der Waals surface area contributed by atoms with Crippen LogP contribution in [0.1, 0.15) is 55.7 Å². The molecule has 0 unspecified atom stereocenters. The van der Waals surface area contributed by atoms with Gasteiger partial charge in [-0.3, -0.25) is 0 Å². The number of fused-ring (bicyclic) bond motifs is 3. The van der Waals surface area contributed by atoms with Gasteiger partial charge in [0, 0.05) is 19.0 Å². The number of nitrogens with one attached hydrogen (secondary N) is 1. The van der Waals surface area contributed by atoms with Crippen LogP contribution in [0.25, 0.3) is 0 Å². The summed E-state index contributed by atoms with van der Waals surface area (Å²) in [6.07, 6.45) is 2.62. The highest BCUT2D eigenvalue weighted by Gasteiger charge is 2.43. The molecule has 0 spiro atoms. The van der Waals surface area contributed by atoms with Gasteiger partial charge >= 0.3 is 0 Å². The van der Waals surface area contributed by atoms with E-state index in [1.165, 1.54) is 25.9 Å². The summed E-state index contributed by atoms with van der Waals surface area (Å²) < 4.78 is 0. The second-order valence-corrected chi connectivity index (χ2v) is 6.41. The first-order valence-electron chi connectivity index (χ1n) is 6.94.